The molecule has 0 aromatic heterocycles. The van der Waals surface area contributed by atoms with Crippen molar-refractivity contribution >= 4 is 0 Å². The number of nitrogens with two attached hydrogens (primary N) is 1. The van der Waals surface area contributed by atoms with Gasteiger partial charge < -0.3 is 10.6 Å². The highest BCUT2D eigenvalue weighted by Gasteiger charge is 2.31. The zero-order chi connectivity index (χ0) is 12.3. The van der Waals surface area contributed by atoms with Crippen molar-refractivity contribution < 1.29 is 0 Å². The molecular weight excluding hydrogens is 210 g/mol. The summed E-state index contributed by atoms with van der Waals surface area (Å²) in [6.45, 7) is 12.0. The first-order valence-electron chi connectivity index (χ1n) is 7.27. The fourth-order valence-electron chi connectivity index (χ4n) is 3.44. The lowest BCUT2D eigenvalue weighted by Crippen LogP contribution is -2.38. The van der Waals surface area contributed by atoms with Crippen LogP contribution in [-0.4, -0.2) is 55.1 Å². The minimum absolute atomic E-state index is 0.384. The molecule has 1 atom stereocenters. The van der Waals surface area contributed by atoms with Crippen LogP contribution >= 0.6 is 0 Å². The third kappa shape index (κ3) is 3.67. The molecule has 0 aromatic carbocycles. The predicted molar refractivity (Wildman–Crippen MR) is 73.1 cm³/mol. The zero-order valence-corrected chi connectivity index (χ0v) is 11.6. The lowest BCUT2D eigenvalue weighted by atomic mass is 9.89. The van der Waals surface area contributed by atoms with Crippen molar-refractivity contribution in [3.63, 3.8) is 0 Å². The van der Waals surface area contributed by atoms with E-state index in [1.54, 1.807) is 0 Å². The van der Waals surface area contributed by atoms with Crippen molar-refractivity contribution in [3.05, 3.63) is 0 Å². The quantitative estimate of drug-likeness (QED) is 0.790. The molecule has 3 nitrogen and oxygen atoms in total. The molecule has 2 aliphatic rings. The molecule has 0 saturated carbocycles. The van der Waals surface area contributed by atoms with Gasteiger partial charge in [-0.15, -0.1) is 0 Å². The van der Waals surface area contributed by atoms with Crippen LogP contribution in [0.5, 0.6) is 0 Å². The van der Waals surface area contributed by atoms with Gasteiger partial charge in [0.2, 0.25) is 0 Å². The maximum Gasteiger partial charge on any atom is 0.0235 e. The van der Waals surface area contributed by atoms with E-state index in [9.17, 15) is 0 Å². The summed E-state index contributed by atoms with van der Waals surface area (Å²) >= 11 is 0. The van der Waals surface area contributed by atoms with Gasteiger partial charge in [-0.25, -0.2) is 0 Å². The van der Waals surface area contributed by atoms with E-state index in [4.69, 9.17) is 5.73 Å². The molecule has 0 radical (unpaired) electrons. The fraction of sp³-hybridized carbons (Fsp3) is 1.00. The first kappa shape index (κ1) is 13.3. The van der Waals surface area contributed by atoms with E-state index >= 15 is 0 Å². The molecule has 2 fully saturated rings. The molecule has 2 rings (SSSR count). The number of rotatable bonds is 5. The summed E-state index contributed by atoms with van der Waals surface area (Å²) in [5.41, 5.74) is 6.07. The van der Waals surface area contributed by atoms with E-state index in [0.29, 0.717) is 5.41 Å². The van der Waals surface area contributed by atoms with Gasteiger partial charge in [-0.2, -0.15) is 0 Å². The summed E-state index contributed by atoms with van der Waals surface area (Å²) < 4.78 is 0. The molecule has 2 aliphatic heterocycles. The lowest BCUT2D eigenvalue weighted by molar-refractivity contribution is 0.179. The Morgan fingerprint density at radius 3 is 2.53 bits per heavy atom. The molecule has 2 heterocycles. The van der Waals surface area contributed by atoms with E-state index in [1.807, 2.05) is 0 Å². The maximum atomic E-state index is 5.69. The molecule has 17 heavy (non-hydrogen) atoms. The zero-order valence-electron chi connectivity index (χ0n) is 11.6. The van der Waals surface area contributed by atoms with Crippen molar-refractivity contribution in [2.75, 3.05) is 39.3 Å². The van der Waals surface area contributed by atoms with E-state index in [0.717, 1.165) is 19.0 Å². The van der Waals surface area contributed by atoms with Gasteiger partial charge in [0, 0.05) is 19.1 Å². The van der Waals surface area contributed by atoms with Crippen molar-refractivity contribution in [2.24, 2.45) is 11.1 Å². The summed E-state index contributed by atoms with van der Waals surface area (Å²) in [5.74, 6) is 0. The van der Waals surface area contributed by atoms with Crippen molar-refractivity contribution in [1.29, 1.82) is 0 Å². The Morgan fingerprint density at radius 2 is 1.88 bits per heavy atom. The fourth-order valence-corrected chi connectivity index (χ4v) is 3.44. The van der Waals surface area contributed by atoms with Crippen molar-refractivity contribution in [1.82, 2.24) is 9.80 Å². The largest absolute Gasteiger partial charge is 0.330 e. The van der Waals surface area contributed by atoms with Crippen LogP contribution in [0.1, 0.15) is 39.5 Å². The molecular formula is C14H29N3. The van der Waals surface area contributed by atoms with Gasteiger partial charge in [0.05, 0.1) is 0 Å². The molecule has 3 heteroatoms. The Balaban J connectivity index is 1.77. The molecule has 0 spiro atoms. The van der Waals surface area contributed by atoms with Crippen LogP contribution < -0.4 is 5.73 Å². The van der Waals surface area contributed by atoms with Crippen molar-refractivity contribution in [2.45, 2.75) is 45.6 Å². The first-order valence-corrected chi connectivity index (χ1v) is 7.27. The second-order valence-electron chi connectivity index (χ2n) is 6.62. The van der Waals surface area contributed by atoms with Gasteiger partial charge in [-0.3, -0.25) is 4.90 Å². The Bertz CT molecular complexity index is 234. The summed E-state index contributed by atoms with van der Waals surface area (Å²) in [4.78, 5) is 5.36. The Kier molecular flexibility index (Phi) is 4.45. The Hall–Kier alpha value is -0.120. The number of likely N-dealkylation sites (tertiary alicyclic amines) is 2. The van der Waals surface area contributed by atoms with E-state index in [1.165, 1.54) is 52.0 Å². The number of hydrogen-bond acceptors (Lipinski definition) is 3. The van der Waals surface area contributed by atoms with Crippen LogP contribution in [0.4, 0.5) is 0 Å². The first-order chi connectivity index (χ1) is 8.11. The van der Waals surface area contributed by atoms with Gasteiger partial charge in [0.1, 0.15) is 0 Å². The third-order valence-electron chi connectivity index (χ3n) is 4.38. The monoisotopic (exact) mass is 239 g/mol. The van der Waals surface area contributed by atoms with E-state index < -0.39 is 0 Å². The average molecular weight is 239 g/mol. The molecule has 2 saturated heterocycles. The van der Waals surface area contributed by atoms with Crippen LogP contribution in [0.25, 0.3) is 0 Å². The van der Waals surface area contributed by atoms with Gasteiger partial charge in [-0.05, 0) is 57.3 Å². The van der Waals surface area contributed by atoms with Gasteiger partial charge in [-0.1, -0.05) is 13.8 Å². The van der Waals surface area contributed by atoms with E-state index in [2.05, 4.69) is 23.6 Å². The standard InChI is InChI=1S/C14H29N3/c1-14(2,6-7-15)12-16-10-5-13(11-16)17-8-3-4-9-17/h13H,3-12,15H2,1-2H3. The lowest BCUT2D eigenvalue weighted by Gasteiger charge is -2.30. The number of nitrogens with zero attached hydrogens (tertiary/aromatic N) is 2. The second kappa shape index (κ2) is 5.68. The molecule has 2 N–H and O–H groups in total. The van der Waals surface area contributed by atoms with Crippen LogP contribution in [-0.2, 0) is 0 Å². The summed E-state index contributed by atoms with van der Waals surface area (Å²) in [5, 5.41) is 0. The van der Waals surface area contributed by atoms with Gasteiger partial charge in [0.15, 0.2) is 0 Å². The Labute approximate surface area is 106 Å². The average Bonchev–Trinajstić information content (AvgIpc) is 2.85. The predicted octanol–water partition coefficient (Wildman–Crippen LogP) is 1.53. The van der Waals surface area contributed by atoms with Crippen LogP contribution in [0.15, 0.2) is 0 Å². The topological polar surface area (TPSA) is 32.5 Å². The molecule has 100 valence electrons. The summed E-state index contributed by atoms with van der Waals surface area (Å²) in [7, 11) is 0. The smallest absolute Gasteiger partial charge is 0.0235 e. The maximum absolute atomic E-state index is 5.69. The second-order valence-corrected chi connectivity index (χ2v) is 6.62. The minimum atomic E-state index is 0.384. The number of hydrogen-bond donors (Lipinski definition) is 1. The van der Waals surface area contributed by atoms with Gasteiger partial charge >= 0.3 is 0 Å². The van der Waals surface area contributed by atoms with Crippen molar-refractivity contribution in [3.8, 4) is 0 Å². The summed E-state index contributed by atoms with van der Waals surface area (Å²) in [6, 6.07) is 0.839. The normalized spacial score (nSPS) is 28.1. The summed E-state index contributed by atoms with van der Waals surface area (Å²) in [6.07, 6.45) is 5.33. The molecule has 0 bridgehead atoms. The highest BCUT2D eigenvalue weighted by atomic mass is 15.3. The molecule has 0 aromatic rings. The van der Waals surface area contributed by atoms with Gasteiger partial charge in [0.25, 0.3) is 0 Å². The highest BCUT2D eigenvalue weighted by Crippen LogP contribution is 2.26. The van der Waals surface area contributed by atoms with Crippen LogP contribution in [0.2, 0.25) is 0 Å². The molecule has 0 aliphatic carbocycles. The van der Waals surface area contributed by atoms with Crippen LogP contribution in [0.3, 0.4) is 0 Å². The Morgan fingerprint density at radius 1 is 1.18 bits per heavy atom. The third-order valence-corrected chi connectivity index (χ3v) is 4.38. The SMILES string of the molecule is CC(C)(CCN)CN1CCC(N2CCCC2)C1. The van der Waals surface area contributed by atoms with Crippen LogP contribution in [0, 0.1) is 5.41 Å². The van der Waals surface area contributed by atoms with E-state index in [-0.39, 0.29) is 0 Å². The molecule has 1 unspecified atom stereocenters. The molecule has 0 amide bonds. The highest BCUT2D eigenvalue weighted by molar-refractivity contribution is 4.87. The minimum Gasteiger partial charge on any atom is -0.330 e.